The van der Waals surface area contributed by atoms with Crippen LogP contribution in [-0.2, 0) is 14.3 Å². The molecule has 0 unspecified atom stereocenters. The van der Waals surface area contributed by atoms with Gasteiger partial charge in [-0.05, 0) is 26.7 Å². The lowest BCUT2D eigenvalue weighted by molar-refractivity contribution is -0.150. The Morgan fingerprint density at radius 1 is 1.11 bits per heavy atom. The minimum atomic E-state index is -0.340. The molecule has 0 heterocycles. The van der Waals surface area contributed by atoms with Crippen LogP contribution in [0.15, 0.2) is 0 Å². The molecule has 0 aromatic heterocycles. The van der Waals surface area contributed by atoms with Gasteiger partial charge in [0.2, 0.25) is 5.91 Å². The summed E-state index contributed by atoms with van der Waals surface area (Å²) in [5.74, 6) is -0.123. The van der Waals surface area contributed by atoms with E-state index in [9.17, 15) is 9.59 Å². The number of esters is 1. The number of hydrogen-bond donors (Lipinski definition) is 0. The van der Waals surface area contributed by atoms with Gasteiger partial charge < -0.3 is 9.64 Å². The van der Waals surface area contributed by atoms with E-state index in [1.54, 1.807) is 4.90 Å². The lowest BCUT2D eigenvalue weighted by Crippen LogP contribution is -2.44. The van der Waals surface area contributed by atoms with E-state index >= 15 is 0 Å². The summed E-state index contributed by atoms with van der Waals surface area (Å²) >= 11 is 0. The molecule has 1 fully saturated rings. The van der Waals surface area contributed by atoms with Crippen molar-refractivity contribution in [2.45, 2.75) is 64.8 Å². The van der Waals surface area contributed by atoms with Gasteiger partial charge in [-0.15, -0.1) is 0 Å². The van der Waals surface area contributed by atoms with Crippen LogP contribution in [0.5, 0.6) is 0 Å². The first-order chi connectivity index (χ1) is 9.06. The van der Waals surface area contributed by atoms with Crippen LogP contribution >= 0.6 is 0 Å². The van der Waals surface area contributed by atoms with Crippen molar-refractivity contribution in [3.8, 4) is 0 Å². The van der Waals surface area contributed by atoms with E-state index in [-0.39, 0.29) is 30.4 Å². The Morgan fingerprint density at radius 3 is 2.11 bits per heavy atom. The van der Waals surface area contributed by atoms with Crippen molar-refractivity contribution in [1.82, 2.24) is 4.90 Å². The van der Waals surface area contributed by atoms with Crippen LogP contribution in [0.2, 0.25) is 0 Å². The number of carbonyl (C=O) groups is 2. The molecular weight excluding hydrogens is 242 g/mol. The Labute approximate surface area is 116 Å². The molecule has 0 aromatic rings. The lowest BCUT2D eigenvalue weighted by Gasteiger charge is -2.30. The van der Waals surface area contributed by atoms with Gasteiger partial charge >= 0.3 is 5.97 Å². The highest BCUT2D eigenvalue weighted by molar-refractivity contribution is 5.83. The van der Waals surface area contributed by atoms with E-state index < -0.39 is 0 Å². The molecule has 0 aliphatic heterocycles. The SMILES string of the molecule is COC(=O)CN(C(=O)C1CCCCCCC1)C(C)C. The molecule has 1 aliphatic carbocycles. The van der Waals surface area contributed by atoms with Crippen molar-refractivity contribution in [3.63, 3.8) is 0 Å². The third-order valence-corrected chi connectivity index (χ3v) is 3.89. The fourth-order valence-electron chi connectivity index (χ4n) is 2.66. The molecule has 0 atom stereocenters. The Bertz CT molecular complexity index is 294. The molecular formula is C15H27NO3. The number of amides is 1. The summed E-state index contributed by atoms with van der Waals surface area (Å²) in [4.78, 5) is 25.7. The molecule has 4 heteroatoms. The quantitative estimate of drug-likeness (QED) is 0.737. The highest BCUT2D eigenvalue weighted by Gasteiger charge is 2.27. The van der Waals surface area contributed by atoms with Crippen LogP contribution in [0.1, 0.15) is 58.8 Å². The minimum Gasteiger partial charge on any atom is -0.468 e. The minimum absolute atomic E-state index is 0.0389. The average molecular weight is 269 g/mol. The molecule has 0 bridgehead atoms. The highest BCUT2D eigenvalue weighted by Crippen LogP contribution is 2.24. The molecule has 0 N–H and O–H groups in total. The summed E-state index contributed by atoms with van der Waals surface area (Å²) in [6.45, 7) is 3.97. The maximum absolute atomic E-state index is 12.6. The van der Waals surface area contributed by atoms with Crippen molar-refractivity contribution in [2.24, 2.45) is 5.92 Å². The summed E-state index contributed by atoms with van der Waals surface area (Å²) < 4.78 is 4.68. The Balaban J connectivity index is 2.65. The van der Waals surface area contributed by atoms with E-state index in [1.165, 1.54) is 26.4 Å². The first-order valence-corrected chi connectivity index (χ1v) is 7.43. The molecule has 19 heavy (non-hydrogen) atoms. The van der Waals surface area contributed by atoms with Gasteiger partial charge in [-0.2, -0.15) is 0 Å². The van der Waals surface area contributed by atoms with E-state index in [2.05, 4.69) is 4.74 Å². The first kappa shape index (κ1) is 16.0. The standard InChI is InChI=1S/C15H27NO3/c1-12(2)16(11-14(17)19-3)15(18)13-9-7-5-4-6-8-10-13/h12-13H,4-11H2,1-3H3. The van der Waals surface area contributed by atoms with E-state index in [0.717, 1.165) is 25.7 Å². The predicted molar refractivity (Wildman–Crippen MR) is 74.7 cm³/mol. The molecule has 0 saturated heterocycles. The summed E-state index contributed by atoms with van der Waals surface area (Å²) in [6, 6.07) is 0.0389. The van der Waals surface area contributed by atoms with Crippen LogP contribution in [0.4, 0.5) is 0 Å². The third-order valence-electron chi connectivity index (χ3n) is 3.89. The van der Waals surface area contributed by atoms with Crippen LogP contribution in [0, 0.1) is 5.92 Å². The number of methoxy groups -OCH3 is 1. The molecule has 0 radical (unpaired) electrons. The fraction of sp³-hybridized carbons (Fsp3) is 0.867. The molecule has 110 valence electrons. The third kappa shape index (κ3) is 5.21. The Kier molecular flexibility index (Phi) is 6.89. The average Bonchev–Trinajstić information content (AvgIpc) is 2.34. The van der Waals surface area contributed by atoms with Crippen LogP contribution in [0.3, 0.4) is 0 Å². The lowest BCUT2D eigenvalue weighted by atomic mass is 9.90. The van der Waals surface area contributed by atoms with Gasteiger partial charge in [0.05, 0.1) is 7.11 Å². The van der Waals surface area contributed by atoms with Gasteiger partial charge in [0.1, 0.15) is 6.54 Å². The van der Waals surface area contributed by atoms with Crippen molar-refractivity contribution >= 4 is 11.9 Å². The number of nitrogens with zero attached hydrogens (tertiary/aromatic N) is 1. The van der Waals surface area contributed by atoms with Crippen molar-refractivity contribution in [3.05, 3.63) is 0 Å². The van der Waals surface area contributed by atoms with E-state index in [0.29, 0.717) is 0 Å². The monoisotopic (exact) mass is 269 g/mol. The zero-order chi connectivity index (χ0) is 14.3. The largest absolute Gasteiger partial charge is 0.468 e. The van der Waals surface area contributed by atoms with Gasteiger partial charge in [-0.1, -0.05) is 32.1 Å². The van der Waals surface area contributed by atoms with Crippen molar-refractivity contribution < 1.29 is 14.3 Å². The summed E-state index contributed by atoms with van der Waals surface area (Å²) in [6.07, 6.45) is 7.91. The van der Waals surface area contributed by atoms with Gasteiger partial charge in [-0.25, -0.2) is 0 Å². The molecule has 0 spiro atoms. The second kappa shape index (κ2) is 8.18. The second-order valence-electron chi connectivity index (χ2n) is 5.68. The normalized spacial score (nSPS) is 17.7. The van der Waals surface area contributed by atoms with Crippen LogP contribution in [-0.4, -0.2) is 36.5 Å². The summed E-state index contributed by atoms with van der Waals surface area (Å²) in [5, 5.41) is 0. The maximum Gasteiger partial charge on any atom is 0.325 e. The van der Waals surface area contributed by atoms with Crippen LogP contribution < -0.4 is 0 Å². The van der Waals surface area contributed by atoms with E-state index in [4.69, 9.17) is 0 Å². The van der Waals surface area contributed by atoms with Gasteiger partial charge in [0, 0.05) is 12.0 Å². The molecule has 1 aliphatic rings. The van der Waals surface area contributed by atoms with Gasteiger partial charge in [0.15, 0.2) is 0 Å². The zero-order valence-corrected chi connectivity index (χ0v) is 12.5. The number of hydrogen-bond acceptors (Lipinski definition) is 3. The number of carbonyl (C=O) groups excluding carboxylic acids is 2. The van der Waals surface area contributed by atoms with Gasteiger partial charge in [-0.3, -0.25) is 9.59 Å². The maximum atomic E-state index is 12.6. The fourth-order valence-corrected chi connectivity index (χ4v) is 2.66. The number of ether oxygens (including phenoxy) is 1. The summed E-state index contributed by atoms with van der Waals surface area (Å²) in [5.41, 5.74) is 0. The topological polar surface area (TPSA) is 46.6 Å². The smallest absolute Gasteiger partial charge is 0.325 e. The van der Waals surface area contributed by atoms with Crippen LogP contribution in [0.25, 0.3) is 0 Å². The molecule has 1 amide bonds. The summed E-state index contributed by atoms with van der Waals surface area (Å²) in [7, 11) is 1.36. The van der Waals surface area contributed by atoms with Crippen molar-refractivity contribution in [2.75, 3.05) is 13.7 Å². The van der Waals surface area contributed by atoms with Crippen molar-refractivity contribution in [1.29, 1.82) is 0 Å². The Hall–Kier alpha value is -1.06. The predicted octanol–water partition coefficient (Wildman–Crippen LogP) is 2.76. The number of rotatable bonds is 4. The Morgan fingerprint density at radius 2 is 1.63 bits per heavy atom. The molecule has 1 rings (SSSR count). The molecule has 1 saturated carbocycles. The molecule has 4 nitrogen and oxygen atoms in total. The first-order valence-electron chi connectivity index (χ1n) is 7.43. The zero-order valence-electron chi connectivity index (χ0n) is 12.5. The highest BCUT2D eigenvalue weighted by atomic mass is 16.5. The van der Waals surface area contributed by atoms with Gasteiger partial charge in [0.25, 0.3) is 0 Å². The second-order valence-corrected chi connectivity index (χ2v) is 5.68. The molecule has 0 aromatic carbocycles. The van der Waals surface area contributed by atoms with E-state index in [1.807, 2.05) is 13.8 Å².